The van der Waals surface area contributed by atoms with E-state index < -0.39 is 0 Å². The van der Waals surface area contributed by atoms with E-state index in [-0.39, 0.29) is 5.82 Å². The van der Waals surface area contributed by atoms with Crippen LogP contribution in [-0.2, 0) is 7.05 Å². The summed E-state index contributed by atoms with van der Waals surface area (Å²) in [5.41, 5.74) is 1.36. The van der Waals surface area contributed by atoms with Gasteiger partial charge in [-0.1, -0.05) is 6.07 Å². The van der Waals surface area contributed by atoms with E-state index in [1.54, 1.807) is 16.9 Å². The first kappa shape index (κ1) is 14.1. The molecule has 3 aromatic rings. The number of anilines is 1. The number of aromatic nitrogens is 4. The third-order valence-electron chi connectivity index (χ3n) is 4.29. The number of halogens is 1. The molecule has 3 heterocycles. The van der Waals surface area contributed by atoms with Crippen molar-refractivity contribution in [3.05, 3.63) is 36.3 Å². The lowest BCUT2D eigenvalue weighted by Crippen LogP contribution is -2.31. The van der Waals surface area contributed by atoms with Crippen molar-refractivity contribution in [3.63, 3.8) is 0 Å². The molecule has 0 amide bonds. The van der Waals surface area contributed by atoms with E-state index in [0.29, 0.717) is 11.4 Å². The Kier molecular flexibility index (Phi) is 3.44. The summed E-state index contributed by atoms with van der Waals surface area (Å²) in [4.78, 5) is 11.3. The quantitative estimate of drug-likeness (QED) is 0.729. The summed E-state index contributed by atoms with van der Waals surface area (Å²) in [5.74, 6) is 1.07. The zero-order chi connectivity index (χ0) is 15.8. The van der Waals surface area contributed by atoms with E-state index in [1.807, 2.05) is 13.1 Å². The standard InChI is InChI=1S/C17H18FN5/c1-22-17(23-8-3-2-4-9-23)20-16(21-22)14-11-13(18)10-12-6-5-7-19-15(12)14/h5-7,10-11H,2-4,8-9H2,1H3. The van der Waals surface area contributed by atoms with Gasteiger partial charge in [-0.25, -0.2) is 9.07 Å². The van der Waals surface area contributed by atoms with E-state index in [1.165, 1.54) is 31.4 Å². The van der Waals surface area contributed by atoms with Gasteiger partial charge in [-0.05, 0) is 37.5 Å². The average molecular weight is 311 g/mol. The topological polar surface area (TPSA) is 46.8 Å². The molecular weight excluding hydrogens is 293 g/mol. The van der Waals surface area contributed by atoms with Gasteiger partial charge in [0.05, 0.1) is 11.1 Å². The van der Waals surface area contributed by atoms with Gasteiger partial charge >= 0.3 is 0 Å². The second-order valence-corrected chi connectivity index (χ2v) is 5.94. The van der Waals surface area contributed by atoms with Crippen molar-refractivity contribution in [1.82, 2.24) is 19.7 Å². The minimum Gasteiger partial charge on any atom is -0.341 e. The van der Waals surface area contributed by atoms with Crippen LogP contribution < -0.4 is 4.90 Å². The number of hydrogen-bond donors (Lipinski definition) is 0. The van der Waals surface area contributed by atoms with Gasteiger partial charge in [-0.2, -0.15) is 4.98 Å². The monoisotopic (exact) mass is 311 g/mol. The largest absolute Gasteiger partial charge is 0.341 e. The van der Waals surface area contributed by atoms with Gasteiger partial charge in [-0.15, -0.1) is 5.10 Å². The zero-order valence-corrected chi connectivity index (χ0v) is 13.0. The SMILES string of the molecule is Cn1nc(-c2cc(F)cc3cccnc23)nc1N1CCCCC1. The van der Waals surface area contributed by atoms with Crippen molar-refractivity contribution < 1.29 is 4.39 Å². The Morgan fingerprint density at radius 3 is 2.78 bits per heavy atom. The molecule has 6 heteroatoms. The van der Waals surface area contributed by atoms with Crippen LogP contribution in [0.15, 0.2) is 30.5 Å². The van der Waals surface area contributed by atoms with Crippen LogP contribution in [0, 0.1) is 5.82 Å². The van der Waals surface area contributed by atoms with Crippen molar-refractivity contribution in [2.24, 2.45) is 7.05 Å². The predicted octanol–water partition coefficient (Wildman–Crippen LogP) is 3.16. The molecule has 2 aromatic heterocycles. The summed E-state index contributed by atoms with van der Waals surface area (Å²) >= 11 is 0. The van der Waals surface area contributed by atoms with Gasteiger partial charge in [0, 0.05) is 31.7 Å². The Hall–Kier alpha value is -2.50. The van der Waals surface area contributed by atoms with E-state index in [0.717, 1.165) is 29.9 Å². The highest BCUT2D eigenvalue weighted by Gasteiger charge is 2.19. The first-order chi connectivity index (χ1) is 11.2. The van der Waals surface area contributed by atoms with Gasteiger partial charge < -0.3 is 4.90 Å². The van der Waals surface area contributed by atoms with Crippen LogP contribution in [0.5, 0.6) is 0 Å². The molecule has 1 aliphatic rings. The maximum absolute atomic E-state index is 13.9. The van der Waals surface area contributed by atoms with Crippen LogP contribution in [0.3, 0.4) is 0 Å². The molecule has 0 radical (unpaired) electrons. The number of pyridine rings is 1. The number of aryl methyl sites for hydroxylation is 1. The molecule has 4 rings (SSSR count). The predicted molar refractivity (Wildman–Crippen MR) is 87.8 cm³/mol. The highest BCUT2D eigenvalue weighted by atomic mass is 19.1. The molecule has 1 fully saturated rings. The Morgan fingerprint density at radius 2 is 1.96 bits per heavy atom. The minimum absolute atomic E-state index is 0.299. The van der Waals surface area contributed by atoms with Crippen molar-refractivity contribution in [2.75, 3.05) is 18.0 Å². The lowest BCUT2D eigenvalue weighted by molar-refractivity contribution is 0.557. The first-order valence-electron chi connectivity index (χ1n) is 7.93. The fourth-order valence-corrected chi connectivity index (χ4v) is 3.19. The maximum atomic E-state index is 13.9. The Balaban J connectivity index is 1.82. The smallest absolute Gasteiger partial charge is 0.224 e. The number of hydrogen-bond acceptors (Lipinski definition) is 4. The van der Waals surface area contributed by atoms with Crippen LogP contribution in [0.25, 0.3) is 22.3 Å². The van der Waals surface area contributed by atoms with Gasteiger partial charge in [0.25, 0.3) is 0 Å². The average Bonchev–Trinajstić information content (AvgIpc) is 2.96. The van der Waals surface area contributed by atoms with Gasteiger partial charge in [0.2, 0.25) is 5.95 Å². The van der Waals surface area contributed by atoms with Crippen molar-refractivity contribution in [3.8, 4) is 11.4 Å². The number of piperidine rings is 1. The van der Waals surface area contributed by atoms with Crippen LogP contribution in [0.1, 0.15) is 19.3 Å². The van der Waals surface area contributed by atoms with Gasteiger partial charge in [0.15, 0.2) is 5.82 Å². The first-order valence-corrected chi connectivity index (χ1v) is 7.93. The third-order valence-corrected chi connectivity index (χ3v) is 4.29. The summed E-state index contributed by atoms with van der Waals surface area (Å²) < 4.78 is 15.7. The van der Waals surface area contributed by atoms with Crippen LogP contribution >= 0.6 is 0 Å². The molecule has 0 atom stereocenters. The lowest BCUT2D eigenvalue weighted by Gasteiger charge is -2.26. The molecule has 118 valence electrons. The maximum Gasteiger partial charge on any atom is 0.224 e. The fraction of sp³-hybridized carbons (Fsp3) is 0.353. The summed E-state index contributed by atoms with van der Waals surface area (Å²) in [6, 6.07) is 6.60. The number of rotatable bonds is 2. The van der Waals surface area contributed by atoms with Crippen molar-refractivity contribution in [2.45, 2.75) is 19.3 Å². The summed E-state index contributed by atoms with van der Waals surface area (Å²) in [5, 5.41) is 5.26. The van der Waals surface area contributed by atoms with E-state index in [9.17, 15) is 4.39 Å². The third kappa shape index (κ3) is 2.54. The normalized spacial score (nSPS) is 15.3. The molecule has 1 saturated heterocycles. The zero-order valence-electron chi connectivity index (χ0n) is 13.0. The molecule has 5 nitrogen and oxygen atoms in total. The lowest BCUT2D eigenvalue weighted by atomic mass is 10.1. The molecule has 1 aromatic carbocycles. The molecule has 0 N–H and O–H groups in total. The van der Waals surface area contributed by atoms with Crippen molar-refractivity contribution >= 4 is 16.9 Å². The second kappa shape index (κ2) is 5.61. The molecule has 1 aliphatic heterocycles. The van der Waals surface area contributed by atoms with Crippen molar-refractivity contribution in [1.29, 1.82) is 0 Å². The molecule has 0 bridgehead atoms. The van der Waals surface area contributed by atoms with Crippen LogP contribution in [0.2, 0.25) is 0 Å². The Labute approximate surface area is 133 Å². The number of benzene rings is 1. The van der Waals surface area contributed by atoms with E-state index >= 15 is 0 Å². The summed E-state index contributed by atoms with van der Waals surface area (Å²) in [7, 11) is 1.88. The number of fused-ring (bicyclic) bond motifs is 1. The Morgan fingerprint density at radius 1 is 1.13 bits per heavy atom. The molecule has 23 heavy (non-hydrogen) atoms. The van der Waals surface area contributed by atoms with Gasteiger partial charge in [0.1, 0.15) is 5.82 Å². The molecule has 0 unspecified atom stereocenters. The molecule has 0 spiro atoms. The fourth-order valence-electron chi connectivity index (χ4n) is 3.19. The molecule has 0 aliphatic carbocycles. The second-order valence-electron chi connectivity index (χ2n) is 5.94. The van der Waals surface area contributed by atoms with Gasteiger partial charge in [-0.3, -0.25) is 4.98 Å². The van der Waals surface area contributed by atoms with Crippen LogP contribution in [0.4, 0.5) is 10.3 Å². The summed E-state index contributed by atoms with van der Waals surface area (Å²) in [6.07, 6.45) is 5.32. The molecular formula is C17H18FN5. The number of nitrogens with zero attached hydrogens (tertiary/aromatic N) is 5. The Bertz CT molecular complexity index is 851. The minimum atomic E-state index is -0.299. The van der Waals surface area contributed by atoms with E-state index in [4.69, 9.17) is 0 Å². The highest BCUT2D eigenvalue weighted by molar-refractivity contribution is 5.91. The highest BCUT2D eigenvalue weighted by Crippen LogP contribution is 2.28. The van der Waals surface area contributed by atoms with E-state index in [2.05, 4.69) is 20.0 Å². The molecule has 0 saturated carbocycles. The summed E-state index contributed by atoms with van der Waals surface area (Å²) in [6.45, 7) is 1.99. The van der Waals surface area contributed by atoms with Crippen LogP contribution in [-0.4, -0.2) is 32.8 Å².